The van der Waals surface area contributed by atoms with Crippen molar-refractivity contribution < 1.29 is 17.9 Å². The second kappa shape index (κ2) is 7.61. The van der Waals surface area contributed by atoms with Gasteiger partial charge in [0.05, 0.1) is 5.75 Å². The molecule has 0 fully saturated rings. The smallest absolute Gasteiger partial charge is 0.212 e. The topological polar surface area (TPSA) is 66.4 Å². The quantitative estimate of drug-likeness (QED) is 0.786. The predicted octanol–water partition coefficient (Wildman–Crippen LogP) is 2.85. The Morgan fingerprint density at radius 2 is 1.79 bits per heavy atom. The summed E-state index contributed by atoms with van der Waals surface area (Å²) in [5, 5.41) is 11.0. The van der Waals surface area contributed by atoms with Gasteiger partial charge in [-0.2, -0.15) is 0 Å². The first-order valence-electron chi connectivity index (χ1n) is 7.39. The molecular weight excluding hydrogens is 353 g/mol. The molecule has 0 aliphatic carbocycles. The maximum Gasteiger partial charge on any atom is 0.212 e. The van der Waals surface area contributed by atoms with E-state index >= 15 is 0 Å². The summed E-state index contributed by atoms with van der Waals surface area (Å²) in [7, 11) is -3.65. The summed E-state index contributed by atoms with van der Waals surface area (Å²) in [6.07, 6.45) is 0.0606. The minimum Gasteiger partial charge on any atom is -0.384 e. The van der Waals surface area contributed by atoms with Gasteiger partial charge in [0.1, 0.15) is 11.4 Å². The number of benzene rings is 2. The van der Waals surface area contributed by atoms with E-state index in [1.807, 2.05) is 0 Å². The van der Waals surface area contributed by atoms with Crippen molar-refractivity contribution in [1.82, 2.24) is 4.72 Å². The van der Waals surface area contributed by atoms with Crippen LogP contribution in [0.3, 0.4) is 0 Å². The molecule has 130 valence electrons. The van der Waals surface area contributed by atoms with Crippen LogP contribution in [0, 0.1) is 5.82 Å². The lowest BCUT2D eigenvalue weighted by atomic mass is 9.97. The van der Waals surface area contributed by atoms with Crippen LogP contribution in [0.25, 0.3) is 0 Å². The maximum absolute atomic E-state index is 13.5. The molecule has 0 aliphatic rings. The van der Waals surface area contributed by atoms with Crippen molar-refractivity contribution in [3.63, 3.8) is 0 Å². The van der Waals surface area contributed by atoms with Crippen LogP contribution in [-0.4, -0.2) is 25.8 Å². The molecule has 7 heteroatoms. The number of hydrogen-bond acceptors (Lipinski definition) is 3. The Morgan fingerprint density at radius 3 is 2.42 bits per heavy atom. The molecule has 2 N–H and O–H groups in total. The molecular formula is C17H19ClFNO3S. The number of aliphatic hydroxyl groups is 1. The normalized spacial score (nSPS) is 14.3. The molecule has 2 aromatic carbocycles. The van der Waals surface area contributed by atoms with Crippen molar-refractivity contribution in [2.24, 2.45) is 0 Å². The lowest BCUT2D eigenvalue weighted by molar-refractivity contribution is 0.0627. The van der Waals surface area contributed by atoms with Crippen molar-refractivity contribution in [3.8, 4) is 0 Å². The van der Waals surface area contributed by atoms with Gasteiger partial charge in [-0.15, -0.1) is 0 Å². The molecule has 0 aromatic heterocycles. The molecule has 1 unspecified atom stereocenters. The van der Waals surface area contributed by atoms with E-state index in [0.29, 0.717) is 16.1 Å². The van der Waals surface area contributed by atoms with Crippen LogP contribution in [0.4, 0.5) is 4.39 Å². The Bertz CT molecular complexity index is 792. The third kappa shape index (κ3) is 5.27. The molecule has 24 heavy (non-hydrogen) atoms. The van der Waals surface area contributed by atoms with Gasteiger partial charge in [0.15, 0.2) is 0 Å². The molecule has 0 amide bonds. The number of hydrogen-bond donors (Lipinski definition) is 2. The summed E-state index contributed by atoms with van der Waals surface area (Å²) in [5.41, 5.74) is -0.494. The van der Waals surface area contributed by atoms with Crippen LogP contribution < -0.4 is 4.72 Å². The van der Waals surface area contributed by atoms with Gasteiger partial charge in [-0.05, 0) is 42.7 Å². The van der Waals surface area contributed by atoms with Crippen molar-refractivity contribution >= 4 is 21.6 Å². The number of aryl methyl sites for hydroxylation is 1. The number of sulfonamides is 1. The predicted molar refractivity (Wildman–Crippen MR) is 92.9 cm³/mol. The molecule has 1 atom stereocenters. The first kappa shape index (κ1) is 18.9. The largest absolute Gasteiger partial charge is 0.384 e. The molecule has 0 bridgehead atoms. The summed E-state index contributed by atoms with van der Waals surface area (Å²) in [4.78, 5) is 0. The Balaban J connectivity index is 1.96. The summed E-state index contributed by atoms with van der Waals surface area (Å²) in [5.74, 6) is -0.689. The average Bonchev–Trinajstić information content (AvgIpc) is 2.53. The van der Waals surface area contributed by atoms with E-state index in [4.69, 9.17) is 11.6 Å². The van der Waals surface area contributed by atoms with Crippen LogP contribution in [0.15, 0.2) is 48.5 Å². The van der Waals surface area contributed by atoms with Gasteiger partial charge < -0.3 is 5.11 Å². The van der Waals surface area contributed by atoms with E-state index in [-0.39, 0.29) is 18.7 Å². The Morgan fingerprint density at radius 1 is 1.17 bits per heavy atom. The second-order valence-corrected chi connectivity index (χ2v) is 8.12. The Hall–Kier alpha value is -1.47. The molecule has 0 spiro atoms. The molecule has 0 saturated carbocycles. The van der Waals surface area contributed by atoms with Gasteiger partial charge >= 0.3 is 0 Å². The molecule has 0 heterocycles. The van der Waals surface area contributed by atoms with E-state index in [1.165, 1.54) is 13.0 Å². The molecule has 2 rings (SSSR count). The van der Waals surface area contributed by atoms with Crippen molar-refractivity contribution in [3.05, 3.63) is 70.5 Å². The number of halogens is 2. The van der Waals surface area contributed by atoms with Crippen LogP contribution >= 0.6 is 11.6 Å². The van der Waals surface area contributed by atoms with Gasteiger partial charge in [-0.3, -0.25) is 0 Å². The van der Waals surface area contributed by atoms with Gasteiger partial charge in [-0.1, -0.05) is 41.9 Å². The van der Waals surface area contributed by atoms with E-state index in [2.05, 4.69) is 4.72 Å². The third-order valence-electron chi connectivity index (χ3n) is 3.70. The molecule has 4 nitrogen and oxygen atoms in total. The highest BCUT2D eigenvalue weighted by molar-refractivity contribution is 7.89. The van der Waals surface area contributed by atoms with E-state index in [0.717, 1.165) is 0 Å². The molecule has 0 aliphatic heterocycles. The fraction of sp³-hybridized carbons (Fsp3) is 0.294. The highest BCUT2D eigenvalue weighted by Gasteiger charge is 2.25. The zero-order valence-electron chi connectivity index (χ0n) is 13.2. The second-order valence-electron chi connectivity index (χ2n) is 5.76. The van der Waals surface area contributed by atoms with E-state index < -0.39 is 21.4 Å². The van der Waals surface area contributed by atoms with E-state index in [1.54, 1.807) is 42.5 Å². The molecule has 0 radical (unpaired) electrons. The number of rotatable bonds is 7. The minimum absolute atomic E-state index is 0.0606. The Labute approximate surface area is 146 Å². The van der Waals surface area contributed by atoms with Crippen LogP contribution in [0.2, 0.25) is 5.02 Å². The van der Waals surface area contributed by atoms with Crippen molar-refractivity contribution in [2.45, 2.75) is 18.9 Å². The summed E-state index contributed by atoms with van der Waals surface area (Å²) < 4.78 is 40.1. The van der Waals surface area contributed by atoms with Crippen LogP contribution in [0.5, 0.6) is 0 Å². The lowest BCUT2D eigenvalue weighted by Crippen LogP contribution is -2.39. The first-order chi connectivity index (χ1) is 11.2. The highest BCUT2D eigenvalue weighted by atomic mass is 35.5. The SMILES string of the molecule is CC(O)(CNS(=O)(=O)CCc1ccccc1F)c1ccc(Cl)cc1. The van der Waals surface area contributed by atoms with Crippen LogP contribution in [-0.2, 0) is 22.0 Å². The van der Waals surface area contributed by atoms with Gasteiger partial charge in [0.25, 0.3) is 0 Å². The summed E-state index contributed by atoms with van der Waals surface area (Å²) in [6, 6.07) is 12.6. The minimum atomic E-state index is -3.65. The first-order valence-corrected chi connectivity index (χ1v) is 9.42. The van der Waals surface area contributed by atoms with E-state index in [9.17, 15) is 17.9 Å². The zero-order chi connectivity index (χ0) is 17.8. The average molecular weight is 372 g/mol. The Kier molecular flexibility index (Phi) is 5.98. The van der Waals surface area contributed by atoms with Gasteiger partial charge in [0.2, 0.25) is 10.0 Å². The summed E-state index contributed by atoms with van der Waals surface area (Å²) in [6.45, 7) is 1.32. The zero-order valence-corrected chi connectivity index (χ0v) is 14.7. The van der Waals surface area contributed by atoms with Gasteiger partial charge in [-0.25, -0.2) is 17.5 Å². The molecule has 0 saturated heterocycles. The third-order valence-corrected chi connectivity index (χ3v) is 5.28. The van der Waals surface area contributed by atoms with Crippen molar-refractivity contribution in [1.29, 1.82) is 0 Å². The molecule has 2 aromatic rings. The fourth-order valence-electron chi connectivity index (χ4n) is 2.18. The van der Waals surface area contributed by atoms with Crippen molar-refractivity contribution in [2.75, 3.05) is 12.3 Å². The van der Waals surface area contributed by atoms with Crippen LogP contribution in [0.1, 0.15) is 18.1 Å². The maximum atomic E-state index is 13.5. The lowest BCUT2D eigenvalue weighted by Gasteiger charge is -2.24. The van der Waals surface area contributed by atoms with Gasteiger partial charge in [0, 0.05) is 11.6 Å². The summed E-state index contributed by atoms with van der Waals surface area (Å²) >= 11 is 5.80. The fourth-order valence-corrected chi connectivity index (χ4v) is 3.44. The standard InChI is InChI=1S/C17H19ClFNO3S/c1-17(21,14-6-8-15(18)9-7-14)12-20-24(22,23)11-10-13-4-2-3-5-16(13)19/h2-9,20-21H,10-12H2,1H3. The monoisotopic (exact) mass is 371 g/mol. The highest BCUT2D eigenvalue weighted by Crippen LogP contribution is 2.22. The number of nitrogens with one attached hydrogen (secondary N) is 1.